The average molecular weight is 346 g/mol. The Hall–Kier alpha value is -3.26. The molecule has 1 fully saturated rings. The standard InChI is InChI=1S/C21H18N2O3/c24-21(18-14-20(26-23-18)16-10-11-16)22-12-3-4-13-25-19-9-5-7-15-6-1-2-8-17(15)19/h1-2,5-9,14,16H,10-13H2,(H,22,24). The van der Waals surface area contributed by atoms with Crippen molar-refractivity contribution >= 4 is 16.7 Å². The van der Waals surface area contributed by atoms with Gasteiger partial charge < -0.3 is 14.6 Å². The van der Waals surface area contributed by atoms with E-state index < -0.39 is 0 Å². The second-order valence-corrected chi connectivity index (χ2v) is 6.19. The topological polar surface area (TPSA) is 64.4 Å². The second kappa shape index (κ2) is 7.32. The minimum atomic E-state index is -0.273. The van der Waals surface area contributed by atoms with Gasteiger partial charge in [-0.3, -0.25) is 4.79 Å². The number of amides is 1. The summed E-state index contributed by atoms with van der Waals surface area (Å²) in [7, 11) is 0. The highest BCUT2D eigenvalue weighted by Crippen LogP contribution is 2.40. The molecule has 26 heavy (non-hydrogen) atoms. The van der Waals surface area contributed by atoms with Crippen molar-refractivity contribution in [3.8, 4) is 17.6 Å². The van der Waals surface area contributed by atoms with Crippen LogP contribution in [0.2, 0.25) is 0 Å². The van der Waals surface area contributed by atoms with Crippen molar-refractivity contribution in [3.05, 3.63) is 60.0 Å². The van der Waals surface area contributed by atoms with Gasteiger partial charge in [-0.25, -0.2) is 0 Å². The number of ether oxygens (including phenoxy) is 1. The molecule has 2 aromatic carbocycles. The highest BCUT2D eigenvalue weighted by atomic mass is 16.5. The Morgan fingerprint density at radius 3 is 2.92 bits per heavy atom. The first-order chi connectivity index (χ1) is 12.8. The molecular weight excluding hydrogens is 328 g/mol. The van der Waals surface area contributed by atoms with Gasteiger partial charge in [0.1, 0.15) is 18.1 Å². The lowest BCUT2D eigenvalue weighted by Gasteiger charge is -2.06. The predicted molar refractivity (Wildman–Crippen MR) is 98.0 cm³/mol. The lowest BCUT2D eigenvalue weighted by molar-refractivity contribution is 0.0949. The van der Waals surface area contributed by atoms with Crippen molar-refractivity contribution in [2.45, 2.75) is 18.8 Å². The molecule has 1 amide bonds. The number of benzene rings is 2. The maximum absolute atomic E-state index is 12.0. The number of nitrogens with one attached hydrogen (secondary N) is 1. The third kappa shape index (κ3) is 3.70. The smallest absolute Gasteiger partial charge is 0.274 e. The molecule has 1 heterocycles. The molecule has 5 nitrogen and oxygen atoms in total. The van der Waals surface area contributed by atoms with Gasteiger partial charge in [0.25, 0.3) is 5.91 Å². The normalized spacial score (nSPS) is 13.1. The highest BCUT2D eigenvalue weighted by molar-refractivity contribution is 5.92. The van der Waals surface area contributed by atoms with E-state index in [1.807, 2.05) is 42.5 Å². The lowest BCUT2D eigenvalue weighted by atomic mass is 10.1. The summed E-state index contributed by atoms with van der Waals surface area (Å²) >= 11 is 0. The van der Waals surface area contributed by atoms with Crippen LogP contribution in [-0.4, -0.2) is 24.2 Å². The molecule has 1 aliphatic carbocycles. The Morgan fingerprint density at radius 2 is 2.04 bits per heavy atom. The van der Waals surface area contributed by atoms with Crippen molar-refractivity contribution in [2.24, 2.45) is 0 Å². The quantitative estimate of drug-likeness (QED) is 0.718. The van der Waals surface area contributed by atoms with Gasteiger partial charge in [0.2, 0.25) is 0 Å². The van der Waals surface area contributed by atoms with Gasteiger partial charge in [0, 0.05) is 17.4 Å². The summed E-state index contributed by atoms with van der Waals surface area (Å²) in [6.45, 7) is 0.503. The maximum Gasteiger partial charge on any atom is 0.274 e. The monoisotopic (exact) mass is 346 g/mol. The Morgan fingerprint density at radius 1 is 1.19 bits per heavy atom. The molecule has 3 aromatic rings. The first-order valence-corrected chi connectivity index (χ1v) is 8.62. The van der Waals surface area contributed by atoms with Crippen LogP contribution >= 0.6 is 0 Å². The van der Waals surface area contributed by atoms with Crippen LogP contribution in [0.4, 0.5) is 0 Å². The van der Waals surface area contributed by atoms with Crippen LogP contribution in [0.1, 0.15) is 35.0 Å². The van der Waals surface area contributed by atoms with E-state index in [4.69, 9.17) is 9.26 Å². The van der Waals surface area contributed by atoms with Gasteiger partial charge in [0.15, 0.2) is 5.69 Å². The number of nitrogens with zero attached hydrogens (tertiary/aromatic N) is 1. The molecule has 0 unspecified atom stereocenters. The van der Waals surface area contributed by atoms with Crippen LogP contribution < -0.4 is 10.1 Å². The zero-order valence-corrected chi connectivity index (χ0v) is 14.2. The van der Waals surface area contributed by atoms with Gasteiger partial charge in [0.05, 0.1) is 6.54 Å². The van der Waals surface area contributed by atoms with E-state index in [2.05, 4.69) is 22.3 Å². The number of rotatable bonds is 5. The summed E-state index contributed by atoms with van der Waals surface area (Å²) in [4.78, 5) is 12.0. The summed E-state index contributed by atoms with van der Waals surface area (Å²) < 4.78 is 10.9. The maximum atomic E-state index is 12.0. The van der Waals surface area contributed by atoms with Crippen LogP contribution in [0.15, 0.2) is 53.1 Å². The second-order valence-electron chi connectivity index (χ2n) is 6.19. The van der Waals surface area contributed by atoms with Crippen molar-refractivity contribution in [3.63, 3.8) is 0 Å². The molecule has 1 N–H and O–H groups in total. The Labute approximate surface area is 151 Å². The Bertz CT molecular complexity index is 988. The molecule has 130 valence electrons. The van der Waals surface area contributed by atoms with E-state index in [0.29, 0.717) is 11.6 Å². The van der Waals surface area contributed by atoms with Crippen LogP contribution in [0.3, 0.4) is 0 Å². The summed E-state index contributed by atoms with van der Waals surface area (Å²) in [6.07, 6.45) is 2.22. The van der Waals surface area contributed by atoms with Crippen molar-refractivity contribution < 1.29 is 14.1 Å². The molecule has 0 spiro atoms. The van der Waals surface area contributed by atoms with E-state index in [1.54, 1.807) is 6.07 Å². The minimum Gasteiger partial charge on any atom is -0.480 e. The molecule has 4 rings (SSSR count). The fourth-order valence-corrected chi connectivity index (χ4v) is 2.72. The molecule has 0 saturated heterocycles. The van der Waals surface area contributed by atoms with Gasteiger partial charge >= 0.3 is 0 Å². The molecule has 0 atom stereocenters. The zero-order chi connectivity index (χ0) is 17.8. The van der Waals surface area contributed by atoms with Crippen LogP contribution in [0.5, 0.6) is 5.75 Å². The fraction of sp³-hybridized carbons (Fsp3) is 0.238. The summed E-state index contributed by atoms with van der Waals surface area (Å²) in [6, 6.07) is 15.7. The highest BCUT2D eigenvalue weighted by Gasteiger charge is 2.28. The average Bonchev–Trinajstić information content (AvgIpc) is 3.41. The number of hydrogen-bond donors (Lipinski definition) is 1. The summed E-state index contributed by atoms with van der Waals surface area (Å²) in [5, 5.41) is 8.70. The Kier molecular flexibility index (Phi) is 4.57. The van der Waals surface area contributed by atoms with E-state index >= 15 is 0 Å². The van der Waals surface area contributed by atoms with Crippen molar-refractivity contribution in [1.29, 1.82) is 0 Å². The zero-order valence-electron chi connectivity index (χ0n) is 14.2. The number of carbonyl (C=O) groups excluding carboxylic acids is 1. The van der Waals surface area contributed by atoms with Gasteiger partial charge in [-0.05, 0) is 24.3 Å². The first kappa shape index (κ1) is 16.2. The summed E-state index contributed by atoms with van der Waals surface area (Å²) in [5.74, 6) is 7.55. The predicted octanol–water partition coefficient (Wildman–Crippen LogP) is 3.52. The van der Waals surface area contributed by atoms with E-state index in [1.165, 1.54) is 0 Å². The fourth-order valence-electron chi connectivity index (χ4n) is 2.72. The molecule has 1 saturated carbocycles. The van der Waals surface area contributed by atoms with E-state index in [-0.39, 0.29) is 19.1 Å². The first-order valence-electron chi connectivity index (χ1n) is 8.62. The van der Waals surface area contributed by atoms with Crippen LogP contribution in [0.25, 0.3) is 10.8 Å². The number of hydrogen-bond acceptors (Lipinski definition) is 4. The van der Waals surface area contributed by atoms with E-state index in [0.717, 1.165) is 35.1 Å². The molecule has 1 aromatic heterocycles. The molecule has 0 radical (unpaired) electrons. The van der Waals surface area contributed by atoms with Crippen molar-refractivity contribution in [2.75, 3.05) is 13.2 Å². The van der Waals surface area contributed by atoms with Crippen LogP contribution in [0, 0.1) is 11.8 Å². The Balaban J connectivity index is 1.26. The minimum absolute atomic E-state index is 0.239. The number of carbonyl (C=O) groups is 1. The third-order valence-corrected chi connectivity index (χ3v) is 4.25. The van der Waals surface area contributed by atoms with E-state index in [9.17, 15) is 4.79 Å². The molecule has 0 bridgehead atoms. The number of aromatic nitrogens is 1. The van der Waals surface area contributed by atoms with Crippen LogP contribution in [-0.2, 0) is 0 Å². The van der Waals surface area contributed by atoms with Gasteiger partial charge in [-0.1, -0.05) is 53.4 Å². The lowest BCUT2D eigenvalue weighted by Crippen LogP contribution is -2.23. The molecular formula is C21H18N2O3. The molecule has 0 aliphatic heterocycles. The SMILES string of the molecule is O=C(NCC#CCOc1cccc2ccccc12)c1cc(C2CC2)on1. The van der Waals surface area contributed by atoms with Gasteiger partial charge in [-0.15, -0.1) is 0 Å². The van der Waals surface area contributed by atoms with Crippen molar-refractivity contribution in [1.82, 2.24) is 10.5 Å². The largest absolute Gasteiger partial charge is 0.480 e. The van der Waals surface area contributed by atoms with Gasteiger partial charge in [-0.2, -0.15) is 0 Å². The molecule has 1 aliphatic rings. The molecule has 5 heteroatoms. The third-order valence-electron chi connectivity index (χ3n) is 4.25. The summed E-state index contributed by atoms with van der Waals surface area (Å²) in [5.41, 5.74) is 0.306. The number of fused-ring (bicyclic) bond motifs is 1.